The molecule has 0 aromatic heterocycles. The molecule has 2 heteroatoms. The lowest BCUT2D eigenvalue weighted by Gasteiger charge is -2.03. The first kappa shape index (κ1) is 3.85. The number of hydrogen-bond donors (Lipinski definition) is 0. The minimum atomic E-state index is -0.319. The maximum atomic E-state index is 7.23. The van der Waals surface area contributed by atoms with E-state index in [9.17, 15) is 0 Å². The first-order valence-electron chi connectivity index (χ1n) is 3.63. The summed E-state index contributed by atoms with van der Waals surface area (Å²) < 4.78 is 17.6. The highest BCUT2D eigenvalue weighted by molar-refractivity contribution is 4.73. The van der Waals surface area contributed by atoms with Crippen molar-refractivity contribution in [2.45, 2.75) is 19.1 Å². The van der Waals surface area contributed by atoms with Crippen molar-refractivity contribution >= 4 is 0 Å². The molecular weight excluding hydrogens is 104 g/mol. The largest absolute Gasteiger partial charge is 0.352 e. The summed E-state index contributed by atoms with van der Waals surface area (Å²) >= 11 is 0. The third kappa shape index (κ3) is 0.565. The van der Waals surface area contributed by atoms with Crippen LogP contribution in [-0.4, -0.2) is 19.5 Å². The Morgan fingerprint density at radius 2 is 2.38 bits per heavy atom. The van der Waals surface area contributed by atoms with Crippen molar-refractivity contribution < 1.29 is 10.8 Å². The summed E-state index contributed by atoms with van der Waals surface area (Å²) in [6.07, 6.45) is 1.91. The van der Waals surface area contributed by atoms with E-state index in [-0.39, 0.29) is 12.9 Å². The van der Waals surface area contributed by atoms with Crippen LogP contribution in [-0.2, 0) is 9.47 Å². The maximum absolute atomic E-state index is 7.23. The highest BCUT2D eigenvalue weighted by Gasteiger charge is 2.33. The Labute approximate surface area is 50.2 Å². The molecule has 2 rings (SSSR count). The molecule has 0 aromatic carbocycles. The van der Waals surface area contributed by atoms with Gasteiger partial charge in [-0.05, 0) is 12.8 Å². The van der Waals surface area contributed by atoms with Crippen molar-refractivity contribution in [1.29, 1.82) is 0 Å². The molecule has 0 radical (unpaired) electrons. The molecule has 2 heterocycles. The SMILES string of the molecule is [2H]C1CC2CCOC2O1. The van der Waals surface area contributed by atoms with Gasteiger partial charge in [0.05, 0.1) is 14.6 Å². The zero-order valence-corrected chi connectivity index (χ0v) is 4.67. The van der Waals surface area contributed by atoms with E-state index in [0.717, 1.165) is 19.4 Å². The molecule has 0 N–H and O–H groups in total. The Morgan fingerprint density at radius 1 is 1.38 bits per heavy atom. The minimum absolute atomic E-state index is 0.0347. The lowest BCUT2D eigenvalue weighted by atomic mass is 10.1. The second kappa shape index (κ2) is 1.71. The van der Waals surface area contributed by atoms with Gasteiger partial charge in [0.25, 0.3) is 0 Å². The quantitative estimate of drug-likeness (QED) is 0.464. The standard InChI is InChI=1S/C6H10O2/c1-3-7-6-5(1)2-4-8-6/h5-6H,1-4H2/i3D. The highest BCUT2D eigenvalue weighted by Crippen LogP contribution is 2.30. The molecule has 2 aliphatic rings. The third-order valence-electron chi connectivity index (χ3n) is 1.78. The minimum Gasteiger partial charge on any atom is -0.352 e. The van der Waals surface area contributed by atoms with Crippen molar-refractivity contribution in [3.05, 3.63) is 0 Å². The second-order valence-corrected chi connectivity index (χ2v) is 2.33. The summed E-state index contributed by atoms with van der Waals surface area (Å²) in [5.41, 5.74) is 0. The average Bonchev–Trinajstić information content (AvgIpc) is 2.22. The van der Waals surface area contributed by atoms with Gasteiger partial charge < -0.3 is 9.47 Å². The Hall–Kier alpha value is -0.0800. The summed E-state index contributed by atoms with van der Waals surface area (Å²) in [4.78, 5) is 0. The maximum Gasteiger partial charge on any atom is 0.160 e. The topological polar surface area (TPSA) is 18.5 Å². The number of hydrogen-bond acceptors (Lipinski definition) is 2. The van der Waals surface area contributed by atoms with Crippen molar-refractivity contribution in [3.63, 3.8) is 0 Å². The molecule has 3 unspecified atom stereocenters. The van der Waals surface area contributed by atoms with E-state index in [4.69, 9.17) is 10.8 Å². The van der Waals surface area contributed by atoms with E-state index in [0.29, 0.717) is 5.92 Å². The van der Waals surface area contributed by atoms with E-state index in [1.54, 1.807) is 0 Å². The summed E-state index contributed by atoms with van der Waals surface area (Å²) in [7, 11) is 0. The van der Waals surface area contributed by atoms with Gasteiger partial charge in [-0.1, -0.05) is 0 Å². The summed E-state index contributed by atoms with van der Waals surface area (Å²) in [5.74, 6) is 0.521. The van der Waals surface area contributed by atoms with Crippen molar-refractivity contribution in [3.8, 4) is 0 Å². The van der Waals surface area contributed by atoms with Gasteiger partial charge >= 0.3 is 0 Å². The van der Waals surface area contributed by atoms with Gasteiger partial charge in [0.2, 0.25) is 0 Å². The van der Waals surface area contributed by atoms with Crippen LogP contribution in [0.5, 0.6) is 0 Å². The molecule has 2 saturated heterocycles. The molecule has 0 aromatic rings. The van der Waals surface area contributed by atoms with Crippen LogP contribution < -0.4 is 0 Å². The van der Waals surface area contributed by atoms with Gasteiger partial charge in [-0.25, -0.2) is 0 Å². The van der Waals surface area contributed by atoms with Crippen LogP contribution in [0.15, 0.2) is 0 Å². The van der Waals surface area contributed by atoms with Crippen LogP contribution in [0.1, 0.15) is 14.2 Å². The van der Waals surface area contributed by atoms with Gasteiger partial charge in [-0.15, -0.1) is 0 Å². The zero-order valence-electron chi connectivity index (χ0n) is 5.67. The predicted molar refractivity (Wildman–Crippen MR) is 28.4 cm³/mol. The van der Waals surface area contributed by atoms with Crippen LogP contribution in [0.3, 0.4) is 0 Å². The monoisotopic (exact) mass is 115 g/mol. The van der Waals surface area contributed by atoms with Crippen molar-refractivity contribution in [2.75, 3.05) is 13.2 Å². The highest BCUT2D eigenvalue weighted by atomic mass is 16.7. The average molecular weight is 115 g/mol. The van der Waals surface area contributed by atoms with E-state index >= 15 is 0 Å². The molecule has 8 heavy (non-hydrogen) atoms. The van der Waals surface area contributed by atoms with Crippen LogP contribution >= 0.6 is 0 Å². The molecule has 0 amide bonds. The van der Waals surface area contributed by atoms with Crippen molar-refractivity contribution in [1.82, 2.24) is 0 Å². The van der Waals surface area contributed by atoms with E-state index in [2.05, 4.69) is 0 Å². The molecule has 2 nitrogen and oxygen atoms in total. The van der Waals surface area contributed by atoms with Crippen LogP contribution in [0, 0.1) is 5.92 Å². The van der Waals surface area contributed by atoms with E-state index < -0.39 is 0 Å². The normalized spacial score (nSPS) is 56.0. The molecule has 0 saturated carbocycles. The van der Waals surface area contributed by atoms with E-state index in [1.165, 1.54) is 0 Å². The third-order valence-corrected chi connectivity index (χ3v) is 1.78. The zero-order chi connectivity index (χ0) is 6.27. The molecule has 2 aliphatic heterocycles. The Morgan fingerprint density at radius 3 is 3.25 bits per heavy atom. The molecule has 2 fully saturated rings. The van der Waals surface area contributed by atoms with Crippen LogP contribution in [0.2, 0.25) is 0 Å². The first-order valence-corrected chi connectivity index (χ1v) is 3.05. The van der Waals surface area contributed by atoms with Gasteiger partial charge in [-0.2, -0.15) is 0 Å². The number of rotatable bonds is 0. The van der Waals surface area contributed by atoms with E-state index in [1.807, 2.05) is 0 Å². The Bertz CT molecular complexity index is 106. The smallest absolute Gasteiger partial charge is 0.160 e. The molecule has 0 bridgehead atoms. The van der Waals surface area contributed by atoms with Crippen LogP contribution in [0.25, 0.3) is 0 Å². The van der Waals surface area contributed by atoms with Crippen molar-refractivity contribution in [2.24, 2.45) is 5.92 Å². The molecule has 3 atom stereocenters. The predicted octanol–water partition coefficient (Wildman–Crippen LogP) is 0.769. The lowest BCUT2D eigenvalue weighted by molar-refractivity contribution is -0.0904. The molecule has 0 spiro atoms. The first-order chi connectivity index (χ1) is 4.36. The fourth-order valence-corrected chi connectivity index (χ4v) is 1.26. The summed E-state index contributed by atoms with van der Waals surface area (Å²) in [5, 5.41) is 0. The summed E-state index contributed by atoms with van der Waals surface area (Å²) in [6.45, 7) is 0.502. The fraction of sp³-hybridized carbons (Fsp3) is 1.00. The Balaban J connectivity index is 2.02. The second-order valence-electron chi connectivity index (χ2n) is 2.33. The van der Waals surface area contributed by atoms with Gasteiger partial charge in [0.15, 0.2) is 6.29 Å². The number of ether oxygens (including phenoxy) is 2. The number of fused-ring (bicyclic) bond motifs is 1. The molecular formula is C6H10O2. The van der Waals surface area contributed by atoms with Gasteiger partial charge in [0.1, 0.15) is 0 Å². The van der Waals surface area contributed by atoms with Crippen LogP contribution in [0.4, 0.5) is 0 Å². The Kier molecular flexibility index (Phi) is 0.822. The molecule has 46 valence electrons. The lowest BCUT2D eigenvalue weighted by Crippen LogP contribution is -2.08. The fourth-order valence-electron chi connectivity index (χ4n) is 1.26. The van der Waals surface area contributed by atoms with Gasteiger partial charge in [-0.3, -0.25) is 0 Å². The molecule has 0 aliphatic carbocycles. The summed E-state index contributed by atoms with van der Waals surface area (Å²) in [6, 6.07) is 0. The van der Waals surface area contributed by atoms with Gasteiger partial charge in [0, 0.05) is 5.92 Å².